The van der Waals surface area contributed by atoms with Crippen LogP contribution in [0.4, 0.5) is 0 Å². The fourth-order valence-electron chi connectivity index (χ4n) is 1.32. The lowest BCUT2D eigenvalue weighted by atomic mass is 10.3. The second kappa shape index (κ2) is 6.47. The van der Waals surface area contributed by atoms with Crippen LogP contribution in [0, 0.1) is 0 Å². The molecule has 0 atom stereocenters. The number of benzene rings is 2. The monoisotopic (exact) mass is 576 g/mol. The summed E-state index contributed by atoms with van der Waals surface area (Å²) < 4.78 is 9.35. The van der Waals surface area contributed by atoms with Gasteiger partial charge in [-0.05, 0) is 88.0 Å². The SMILES string of the molecule is Oc1c(Br)cc(Br)c(Oc2ccc(Br)cc2Br)c1Br. The summed E-state index contributed by atoms with van der Waals surface area (Å²) in [5.74, 6) is 1.24. The summed E-state index contributed by atoms with van der Waals surface area (Å²) in [6.07, 6.45) is 0. The number of phenols is 1. The van der Waals surface area contributed by atoms with Crippen molar-refractivity contribution in [3.63, 3.8) is 0 Å². The minimum absolute atomic E-state index is 0.0893. The molecular formula is C12H5Br5O2. The molecule has 0 radical (unpaired) electrons. The Kier molecular flexibility index (Phi) is 5.39. The van der Waals surface area contributed by atoms with Gasteiger partial charge in [-0.15, -0.1) is 0 Å². The van der Waals surface area contributed by atoms with Gasteiger partial charge >= 0.3 is 0 Å². The molecule has 19 heavy (non-hydrogen) atoms. The zero-order valence-electron chi connectivity index (χ0n) is 9.05. The predicted octanol–water partition coefficient (Wildman–Crippen LogP) is 7.00. The summed E-state index contributed by atoms with van der Waals surface area (Å²) in [4.78, 5) is 0. The number of phenolic OH excluding ortho intramolecular Hbond substituents is 1. The summed E-state index contributed by atoms with van der Waals surface area (Å²) in [7, 11) is 0. The van der Waals surface area contributed by atoms with E-state index in [2.05, 4.69) is 79.6 Å². The lowest BCUT2D eigenvalue weighted by Gasteiger charge is -2.13. The molecule has 7 heteroatoms. The molecule has 0 aromatic heterocycles. The van der Waals surface area contributed by atoms with Gasteiger partial charge in [-0.2, -0.15) is 0 Å². The molecule has 100 valence electrons. The van der Waals surface area contributed by atoms with E-state index < -0.39 is 0 Å². The molecule has 1 N–H and O–H groups in total. The largest absolute Gasteiger partial charge is 0.505 e. The van der Waals surface area contributed by atoms with E-state index in [1.54, 1.807) is 6.07 Å². The van der Waals surface area contributed by atoms with Crippen LogP contribution in [0.15, 0.2) is 46.6 Å². The van der Waals surface area contributed by atoms with E-state index >= 15 is 0 Å². The Bertz CT molecular complexity index is 643. The smallest absolute Gasteiger partial charge is 0.159 e. The average molecular weight is 581 g/mol. The molecule has 2 aromatic carbocycles. The molecule has 0 aliphatic carbocycles. The highest BCUT2D eigenvalue weighted by Crippen LogP contribution is 2.46. The fourth-order valence-corrected chi connectivity index (χ4v) is 4.73. The highest BCUT2D eigenvalue weighted by atomic mass is 79.9. The lowest BCUT2D eigenvalue weighted by Crippen LogP contribution is -1.89. The molecule has 2 rings (SSSR count). The van der Waals surface area contributed by atoms with Crippen LogP contribution in [0.2, 0.25) is 0 Å². The molecule has 0 saturated heterocycles. The Hall–Kier alpha value is 0.440. The molecule has 0 aliphatic heterocycles. The van der Waals surface area contributed by atoms with E-state index in [0.29, 0.717) is 20.4 Å². The van der Waals surface area contributed by atoms with Gasteiger partial charge in [0.2, 0.25) is 0 Å². The predicted molar refractivity (Wildman–Crippen MR) is 93.1 cm³/mol. The average Bonchev–Trinajstić information content (AvgIpc) is 2.34. The third-order valence-corrected chi connectivity index (χ3v) is 5.25. The number of aromatic hydroxyl groups is 1. The van der Waals surface area contributed by atoms with Crippen LogP contribution in [0.25, 0.3) is 0 Å². The maximum atomic E-state index is 9.89. The van der Waals surface area contributed by atoms with E-state index in [9.17, 15) is 5.11 Å². The van der Waals surface area contributed by atoms with E-state index in [4.69, 9.17) is 4.74 Å². The number of hydrogen-bond acceptors (Lipinski definition) is 2. The minimum Gasteiger partial charge on any atom is -0.505 e. The van der Waals surface area contributed by atoms with Crippen molar-refractivity contribution in [3.05, 3.63) is 46.6 Å². The lowest BCUT2D eigenvalue weighted by molar-refractivity contribution is 0.444. The van der Waals surface area contributed by atoms with Crippen molar-refractivity contribution in [1.82, 2.24) is 0 Å². The molecule has 0 bridgehead atoms. The molecule has 0 spiro atoms. The third-order valence-electron chi connectivity index (χ3n) is 2.21. The number of halogens is 5. The minimum atomic E-state index is 0.0893. The van der Waals surface area contributed by atoms with Crippen molar-refractivity contribution in [1.29, 1.82) is 0 Å². The van der Waals surface area contributed by atoms with Gasteiger partial charge in [0.05, 0.1) is 13.4 Å². The molecule has 0 aliphatic rings. The van der Waals surface area contributed by atoms with Crippen molar-refractivity contribution in [2.45, 2.75) is 0 Å². The molecule has 0 unspecified atom stereocenters. The zero-order chi connectivity index (χ0) is 14.2. The first kappa shape index (κ1) is 15.8. The maximum absolute atomic E-state index is 9.89. The molecule has 0 amide bonds. The molecule has 0 fully saturated rings. The van der Waals surface area contributed by atoms with Crippen LogP contribution in [0.5, 0.6) is 17.2 Å². The first-order valence-corrected chi connectivity index (χ1v) is 8.86. The Morgan fingerprint density at radius 2 is 1.53 bits per heavy atom. The Morgan fingerprint density at radius 3 is 2.16 bits per heavy atom. The molecular weight excluding hydrogens is 576 g/mol. The molecule has 2 nitrogen and oxygen atoms in total. The van der Waals surface area contributed by atoms with Crippen LogP contribution in [-0.2, 0) is 0 Å². The zero-order valence-corrected chi connectivity index (χ0v) is 17.0. The van der Waals surface area contributed by atoms with E-state index in [-0.39, 0.29) is 5.75 Å². The summed E-state index contributed by atoms with van der Waals surface area (Å²) in [5.41, 5.74) is 0. The number of hydrogen-bond donors (Lipinski definition) is 1. The van der Waals surface area contributed by atoms with E-state index in [0.717, 1.165) is 13.4 Å². The van der Waals surface area contributed by atoms with Gasteiger partial charge in [0.1, 0.15) is 16.0 Å². The number of rotatable bonds is 2. The van der Waals surface area contributed by atoms with Crippen molar-refractivity contribution in [3.8, 4) is 17.2 Å². The topological polar surface area (TPSA) is 29.5 Å². The highest BCUT2D eigenvalue weighted by Gasteiger charge is 2.16. The third kappa shape index (κ3) is 3.56. The number of ether oxygens (including phenoxy) is 1. The van der Waals surface area contributed by atoms with Crippen LogP contribution < -0.4 is 4.74 Å². The highest BCUT2D eigenvalue weighted by molar-refractivity contribution is 9.12. The van der Waals surface area contributed by atoms with Crippen LogP contribution >= 0.6 is 79.6 Å². The van der Waals surface area contributed by atoms with Gasteiger partial charge in [0, 0.05) is 4.47 Å². The summed E-state index contributed by atoms with van der Waals surface area (Å²) in [6.45, 7) is 0. The summed E-state index contributed by atoms with van der Waals surface area (Å²) >= 11 is 16.8. The van der Waals surface area contributed by atoms with Crippen LogP contribution in [0.3, 0.4) is 0 Å². The van der Waals surface area contributed by atoms with Crippen LogP contribution in [-0.4, -0.2) is 5.11 Å². The van der Waals surface area contributed by atoms with Gasteiger partial charge in [-0.25, -0.2) is 0 Å². The van der Waals surface area contributed by atoms with Gasteiger partial charge < -0.3 is 9.84 Å². The Balaban J connectivity index is 2.47. The van der Waals surface area contributed by atoms with Crippen molar-refractivity contribution in [2.24, 2.45) is 0 Å². The molecule has 2 aromatic rings. The van der Waals surface area contributed by atoms with E-state index in [1.807, 2.05) is 18.2 Å². The second-order valence-corrected chi connectivity index (χ2v) is 7.78. The maximum Gasteiger partial charge on any atom is 0.159 e. The van der Waals surface area contributed by atoms with Gasteiger partial charge in [-0.1, -0.05) is 15.9 Å². The normalized spacial score (nSPS) is 10.6. The van der Waals surface area contributed by atoms with Crippen molar-refractivity contribution >= 4 is 79.6 Å². The van der Waals surface area contributed by atoms with Crippen molar-refractivity contribution < 1.29 is 9.84 Å². The Labute approximate surface area is 152 Å². The standard InChI is InChI=1S/C12H5Br5O2/c13-5-1-2-9(6(14)3-5)19-12-8(16)4-7(15)11(18)10(12)17/h1-4,18H. The van der Waals surface area contributed by atoms with E-state index in [1.165, 1.54) is 0 Å². The first-order valence-electron chi connectivity index (χ1n) is 4.89. The van der Waals surface area contributed by atoms with Gasteiger partial charge in [-0.3, -0.25) is 0 Å². The fraction of sp³-hybridized carbons (Fsp3) is 0. The van der Waals surface area contributed by atoms with Crippen molar-refractivity contribution in [2.75, 3.05) is 0 Å². The summed E-state index contributed by atoms with van der Waals surface area (Å²) in [5, 5.41) is 9.89. The molecule has 0 heterocycles. The first-order chi connectivity index (χ1) is 8.90. The molecule has 0 saturated carbocycles. The quantitative estimate of drug-likeness (QED) is 0.415. The van der Waals surface area contributed by atoms with Crippen LogP contribution in [0.1, 0.15) is 0 Å². The summed E-state index contributed by atoms with van der Waals surface area (Å²) in [6, 6.07) is 7.31. The van der Waals surface area contributed by atoms with Gasteiger partial charge in [0.25, 0.3) is 0 Å². The Morgan fingerprint density at radius 1 is 0.842 bits per heavy atom. The van der Waals surface area contributed by atoms with Gasteiger partial charge in [0.15, 0.2) is 5.75 Å². The second-order valence-electron chi connectivity index (χ2n) is 3.51.